The van der Waals surface area contributed by atoms with Crippen LogP contribution in [0.15, 0.2) is 48.9 Å². The summed E-state index contributed by atoms with van der Waals surface area (Å²) in [5, 5.41) is 13.3. The molecule has 0 radical (unpaired) electrons. The summed E-state index contributed by atoms with van der Waals surface area (Å²) >= 11 is 0. The summed E-state index contributed by atoms with van der Waals surface area (Å²) in [4.78, 5) is 19.1. The number of aliphatic hydroxyl groups excluding tert-OH is 1. The highest BCUT2D eigenvalue weighted by Gasteiger charge is 2.41. The van der Waals surface area contributed by atoms with E-state index < -0.39 is 18.0 Å². The van der Waals surface area contributed by atoms with E-state index in [9.17, 15) is 18.7 Å². The number of aliphatic hydroxyl groups is 1. The number of rotatable bonds is 6. The first kappa shape index (κ1) is 21.6. The zero-order valence-corrected chi connectivity index (χ0v) is 18.5. The van der Waals surface area contributed by atoms with Gasteiger partial charge in [-0.2, -0.15) is 9.78 Å². The van der Waals surface area contributed by atoms with Crippen LogP contribution in [0.2, 0.25) is 0 Å². The van der Waals surface area contributed by atoms with Gasteiger partial charge in [0.15, 0.2) is 11.3 Å². The molecule has 2 aliphatic heterocycles. The summed E-state index contributed by atoms with van der Waals surface area (Å²) < 4.78 is 37.9. The third-order valence-electron chi connectivity index (χ3n) is 6.55. The first-order valence-electron chi connectivity index (χ1n) is 11.1. The number of benzene rings is 1. The topological polar surface area (TPSA) is 116 Å². The molecule has 35 heavy (non-hydrogen) atoms. The maximum atomic E-state index is 14.0. The largest absolute Gasteiger partial charge is 0.392 e. The van der Waals surface area contributed by atoms with Gasteiger partial charge in [0.2, 0.25) is 5.82 Å². The van der Waals surface area contributed by atoms with Crippen LogP contribution >= 0.6 is 0 Å². The van der Waals surface area contributed by atoms with Gasteiger partial charge in [-0.3, -0.25) is 4.79 Å². The van der Waals surface area contributed by atoms with Gasteiger partial charge in [-0.15, -0.1) is 4.52 Å². The Hall–Kier alpha value is -3.90. The lowest BCUT2D eigenvalue weighted by molar-refractivity contribution is -0.600. The molecule has 2 saturated heterocycles. The van der Waals surface area contributed by atoms with E-state index in [1.54, 1.807) is 36.5 Å². The number of halogens is 2. The second kappa shape index (κ2) is 8.10. The average Bonchev–Trinajstić information content (AvgIpc) is 3.65. The molecule has 0 spiro atoms. The predicted molar refractivity (Wildman–Crippen MR) is 119 cm³/mol. The van der Waals surface area contributed by atoms with Gasteiger partial charge < -0.3 is 20.5 Å². The molecule has 4 aromatic rings. The van der Waals surface area contributed by atoms with Gasteiger partial charge in [0.25, 0.3) is 12.3 Å². The van der Waals surface area contributed by atoms with Gasteiger partial charge in [-0.1, -0.05) is 12.1 Å². The summed E-state index contributed by atoms with van der Waals surface area (Å²) in [5.41, 5.74) is 6.84. The van der Waals surface area contributed by atoms with Crippen molar-refractivity contribution >= 4 is 17.4 Å². The number of amides is 1. The molecule has 0 saturated carbocycles. The van der Waals surface area contributed by atoms with Crippen molar-refractivity contribution in [2.45, 2.75) is 31.6 Å². The van der Waals surface area contributed by atoms with Crippen molar-refractivity contribution in [3.63, 3.8) is 0 Å². The van der Waals surface area contributed by atoms with Crippen LogP contribution in [0.4, 0.5) is 14.6 Å². The molecule has 1 amide bonds. The molecule has 0 unspecified atom stereocenters. The molecular weight excluding hydrogens is 460 g/mol. The Balaban J connectivity index is 1.47. The fraction of sp³-hybridized carbons (Fsp3) is 0.304. The van der Waals surface area contributed by atoms with Crippen molar-refractivity contribution in [2.24, 2.45) is 5.73 Å². The van der Waals surface area contributed by atoms with Gasteiger partial charge >= 0.3 is 5.65 Å². The molecule has 12 heteroatoms. The number of fused-ring (bicyclic) bond motifs is 3. The Morgan fingerprint density at radius 3 is 2.69 bits per heavy atom. The Morgan fingerprint density at radius 2 is 2.06 bits per heavy atom. The van der Waals surface area contributed by atoms with Crippen molar-refractivity contribution in [3.05, 3.63) is 65.7 Å². The molecule has 3 aromatic heterocycles. The van der Waals surface area contributed by atoms with Crippen LogP contribution in [-0.2, 0) is 11.3 Å². The first-order chi connectivity index (χ1) is 16.9. The quantitative estimate of drug-likeness (QED) is 0.401. The number of alkyl halides is 2. The summed E-state index contributed by atoms with van der Waals surface area (Å²) in [6.07, 6.45) is 2.75. The maximum absolute atomic E-state index is 14.0. The molecular formula is C23H22F2N7O3+. The van der Waals surface area contributed by atoms with Crippen molar-refractivity contribution in [1.29, 1.82) is 0 Å². The van der Waals surface area contributed by atoms with Crippen LogP contribution in [0.3, 0.4) is 0 Å². The molecule has 0 aliphatic carbocycles. The number of carbonyl (C=O) groups is 1. The molecule has 2 aliphatic rings. The van der Waals surface area contributed by atoms with E-state index >= 15 is 0 Å². The minimum atomic E-state index is -2.87. The SMILES string of the molecule is NC(=O)c1cn(-c2cn(-c3ccc(CO)cc3)nc2C(F)F)[n+]2ccc(N3C[C@H]4C[C@@H]3CO4)nc12. The number of hydrogen-bond acceptors (Lipinski definition) is 6. The zero-order chi connectivity index (χ0) is 24.3. The summed E-state index contributed by atoms with van der Waals surface area (Å²) in [6, 6.07) is 8.73. The van der Waals surface area contributed by atoms with Crippen LogP contribution in [-0.4, -0.2) is 55.8 Å². The monoisotopic (exact) mass is 482 g/mol. The van der Waals surface area contributed by atoms with Gasteiger partial charge in [0.1, 0.15) is 11.9 Å². The van der Waals surface area contributed by atoms with E-state index in [0.717, 1.165) is 6.42 Å². The van der Waals surface area contributed by atoms with E-state index in [-0.39, 0.29) is 35.7 Å². The number of nitrogens with zero attached hydrogens (tertiary/aromatic N) is 6. The third kappa shape index (κ3) is 3.53. The Morgan fingerprint density at radius 1 is 1.26 bits per heavy atom. The highest BCUT2D eigenvalue weighted by atomic mass is 19.3. The molecule has 5 heterocycles. The highest BCUT2D eigenvalue weighted by Crippen LogP contribution is 2.32. The van der Waals surface area contributed by atoms with Crippen LogP contribution < -0.4 is 15.1 Å². The van der Waals surface area contributed by atoms with Crippen molar-refractivity contribution in [3.8, 4) is 11.4 Å². The van der Waals surface area contributed by atoms with Gasteiger partial charge in [-0.25, -0.2) is 13.5 Å². The fourth-order valence-electron chi connectivity index (χ4n) is 4.80. The van der Waals surface area contributed by atoms with Crippen LogP contribution in [0, 0.1) is 0 Å². The number of carbonyl (C=O) groups excluding carboxylic acids is 1. The smallest absolute Gasteiger partial charge is 0.363 e. The van der Waals surface area contributed by atoms with Crippen LogP contribution in [0.5, 0.6) is 0 Å². The number of aromatic nitrogens is 5. The third-order valence-corrected chi connectivity index (χ3v) is 6.55. The number of primary amides is 1. The zero-order valence-electron chi connectivity index (χ0n) is 18.5. The number of ether oxygens (including phenoxy) is 1. The van der Waals surface area contributed by atoms with E-state index in [1.807, 2.05) is 0 Å². The lowest BCUT2D eigenvalue weighted by Gasteiger charge is -2.25. The van der Waals surface area contributed by atoms with Crippen molar-refractivity contribution in [2.75, 3.05) is 18.1 Å². The maximum Gasteiger partial charge on any atom is 0.363 e. The number of hydrogen-bond donors (Lipinski definition) is 2. The lowest BCUT2D eigenvalue weighted by atomic mass is 10.2. The number of nitrogens with two attached hydrogens (primary N) is 1. The van der Waals surface area contributed by atoms with Gasteiger partial charge in [-0.05, 0) is 29.1 Å². The highest BCUT2D eigenvalue weighted by molar-refractivity contribution is 5.97. The summed E-state index contributed by atoms with van der Waals surface area (Å²) in [6.45, 7) is 1.20. The first-order valence-corrected chi connectivity index (χ1v) is 11.1. The molecule has 6 rings (SSSR count). The van der Waals surface area contributed by atoms with E-state index in [1.165, 1.54) is 26.3 Å². The van der Waals surface area contributed by atoms with E-state index in [0.29, 0.717) is 30.2 Å². The number of anilines is 1. The van der Waals surface area contributed by atoms with Gasteiger partial charge in [0.05, 0.1) is 43.4 Å². The minimum Gasteiger partial charge on any atom is -0.392 e. The summed E-state index contributed by atoms with van der Waals surface area (Å²) in [5.74, 6) is -0.0439. The minimum absolute atomic E-state index is 0.0805. The van der Waals surface area contributed by atoms with Crippen LogP contribution in [0.25, 0.3) is 17.0 Å². The Kier molecular flexibility index (Phi) is 5.00. The van der Waals surface area contributed by atoms with Crippen molar-refractivity contribution in [1.82, 2.24) is 19.4 Å². The molecule has 3 N–H and O–H groups in total. The molecule has 2 atom stereocenters. The average molecular weight is 482 g/mol. The lowest BCUT2D eigenvalue weighted by Crippen LogP contribution is -2.39. The van der Waals surface area contributed by atoms with Crippen molar-refractivity contribution < 1.29 is 27.9 Å². The molecule has 10 nitrogen and oxygen atoms in total. The Bertz CT molecular complexity index is 1430. The van der Waals surface area contributed by atoms with Gasteiger partial charge in [0, 0.05) is 12.6 Å². The fourth-order valence-corrected chi connectivity index (χ4v) is 4.80. The second-order valence-electron chi connectivity index (χ2n) is 8.67. The standard InChI is InChI=1S/C23H21F2N7O3/c24-21(25)20-18(10-30(28-20)14-3-1-13(11-33)2-4-14)32-9-17(22(26)34)23-27-19(5-6-31(23)32)29-8-16-7-15(29)12-35-16/h1-6,9-10,15-16,21,33H,7-8,11-12H2,(H-,26,34)/p+1/t15-,16-/m1/s1. The molecule has 2 bridgehead atoms. The normalized spacial score (nSPS) is 19.4. The predicted octanol–water partition coefficient (Wildman–Crippen LogP) is 1.30. The molecule has 1 aromatic carbocycles. The second-order valence-corrected chi connectivity index (χ2v) is 8.67. The summed E-state index contributed by atoms with van der Waals surface area (Å²) in [7, 11) is 0. The van der Waals surface area contributed by atoms with E-state index in [2.05, 4.69) is 15.0 Å². The van der Waals surface area contributed by atoms with E-state index in [4.69, 9.17) is 10.5 Å². The molecule has 2 fully saturated rings. The number of morpholine rings is 1. The Labute approximate surface area is 197 Å². The van der Waals surface area contributed by atoms with Crippen LogP contribution in [0.1, 0.15) is 34.5 Å². The molecule has 180 valence electrons.